The number of thiazole rings is 1. The van der Waals surface area contributed by atoms with E-state index in [1.807, 2.05) is 5.51 Å². The van der Waals surface area contributed by atoms with Crippen LogP contribution in [-0.4, -0.2) is 11.0 Å². The molecule has 0 spiro atoms. The molecule has 0 atom stereocenters. The molecule has 1 aromatic heterocycles. The zero-order chi connectivity index (χ0) is 12.1. The van der Waals surface area contributed by atoms with Crippen molar-refractivity contribution >= 4 is 11.3 Å². The second-order valence-corrected chi connectivity index (χ2v) is 7.64. The van der Waals surface area contributed by atoms with Crippen LogP contribution in [0.2, 0.25) is 0 Å². The van der Waals surface area contributed by atoms with Crippen molar-refractivity contribution in [3.05, 3.63) is 16.1 Å². The summed E-state index contributed by atoms with van der Waals surface area (Å²) in [5.41, 5.74) is 3.19. The molecule has 0 radical (unpaired) electrons. The van der Waals surface area contributed by atoms with Gasteiger partial charge in [0, 0.05) is 17.5 Å². The molecule has 0 aliphatic heterocycles. The van der Waals surface area contributed by atoms with Crippen LogP contribution in [0.25, 0.3) is 0 Å². The lowest BCUT2D eigenvalue weighted by Gasteiger charge is -2.54. The molecular formula is C15H22N2S. The largest absolute Gasteiger partial charge is 0.308 e. The van der Waals surface area contributed by atoms with Crippen molar-refractivity contribution < 1.29 is 0 Å². The maximum atomic E-state index is 4.35. The minimum Gasteiger partial charge on any atom is -0.308 e. The first-order valence-corrected chi connectivity index (χ1v) is 8.30. The van der Waals surface area contributed by atoms with Gasteiger partial charge in [0.25, 0.3) is 0 Å². The molecule has 0 aromatic carbocycles. The summed E-state index contributed by atoms with van der Waals surface area (Å²) >= 11 is 1.80. The number of rotatable bonds is 3. The number of hydrogen-bond acceptors (Lipinski definition) is 3. The van der Waals surface area contributed by atoms with Crippen LogP contribution in [0.15, 0.2) is 5.51 Å². The first-order chi connectivity index (χ1) is 8.79. The number of hydrogen-bond donors (Lipinski definition) is 1. The molecule has 0 amide bonds. The van der Waals surface area contributed by atoms with Crippen molar-refractivity contribution in [1.29, 1.82) is 0 Å². The molecule has 1 heterocycles. The normalized spacial score (nSPS) is 41.5. The zero-order valence-electron chi connectivity index (χ0n) is 11.1. The van der Waals surface area contributed by atoms with Crippen LogP contribution in [0, 0.1) is 30.6 Å². The lowest BCUT2D eigenvalue weighted by atomic mass is 9.54. The third-order valence-electron chi connectivity index (χ3n) is 5.57. The van der Waals surface area contributed by atoms with Crippen LogP contribution in [-0.2, 0) is 6.54 Å². The number of nitrogens with zero attached hydrogens (tertiary/aromatic N) is 1. The molecule has 98 valence electrons. The Kier molecular flexibility index (Phi) is 2.73. The summed E-state index contributed by atoms with van der Waals surface area (Å²) in [6.45, 7) is 3.17. The van der Waals surface area contributed by atoms with Gasteiger partial charge in [0.2, 0.25) is 0 Å². The first-order valence-electron chi connectivity index (χ1n) is 7.42. The Balaban J connectivity index is 1.45. The van der Waals surface area contributed by atoms with E-state index in [4.69, 9.17) is 0 Å². The van der Waals surface area contributed by atoms with Crippen molar-refractivity contribution in [3.8, 4) is 0 Å². The van der Waals surface area contributed by atoms with Crippen LogP contribution in [0.5, 0.6) is 0 Å². The lowest BCUT2D eigenvalue weighted by molar-refractivity contribution is -0.0142. The first kappa shape index (κ1) is 11.4. The predicted molar refractivity (Wildman–Crippen MR) is 74.5 cm³/mol. The average Bonchev–Trinajstić information content (AvgIpc) is 2.73. The Hall–Kier alpha value is -0.410. The van der Waals surface area contributed by atoms with Crippen LogP contribution < -0.4 is 5.32 Å². The van der Waals surface area contributed by atoms with Gasteiger partial charge in [-0.3, -0.25) is 0 Å². The van der Waals surface area contributed by atoms with E-state index in [9.17, 15) is 0 Å². The molecule has 1 N–H and O–H groups in total. The van der Waals surface area contributed by atoms with E-state index in [1.165, 1.54) is 36.3 Å². The molecule has 1 aromatic rings. The highest BCUT2D eigenvalue weighted by Gasteiger charge is 2.47. The summed E-state index contributed by atoms with van der Waals surface area (Å²) in [5.74, 6) is 4.12. The highest BCUT2D eigenvalue weighted by atomic mass is 32.1. The highest BCUT2D eigenvalue weighted by molar-refractivity contribution is 7.09. The lowest BCUT2D eigenvalue weighted by Crippen LogP contribution is -2.54. The van der Waals surface area contributed by atoms with Gasteiger partial charge in [0.15, 0.2) is 0 Å². The number of aromatic nitrogens is 1. The molecule has 3 heteroatoms. The monoisotopic (exact) mass is 262 g/mol. The van der Waals surface area contributed by atoms with Gasteiger partial charge in [-0.1, -0.05) is 0 Å². The summed E-state index contributed by atoms with van der Waals surface area (Å²) in [6, 6.07) is 0.805. The molecule has 4 saturated carbocycles. The molecule has 4 aliphatic carbocycles. The summed E-state index contributed by atoms with van der Waals surface area (Å²) in [6.07, 6.45) is 7.57. The average molecular weight is 262 g/mol. The standard InChI is InChI=1S/C15H22N2S/c1-9-14(18-8-17-9)7-16-15-12-3-10-2-11(5-12)6-13(15)4-10/h8,10-13,15-16H,2-7H2,1H3. The van der Waals surface area contributed by atoms with Gasteiger partial charge < -0.3 is 5.32 Å². The summed E-state index contributed by atoms with van der Waals surface area (Å²) in [7, 11) is 0. The quantitative estimate of drug-likeness (QED) is 0.903. The molecule has 4 bridgehead atoms. The van der Waals surface area contributed by atoms with Gasteiger partial charge in [0.1, 0.15) is 0 Å². The van der Waals surface area contributed by atoms with Gasteiger partial charge in [-0.25, -0.2) is 4.98 Å². The van der Waals surface area contributed by atoms with Crippen molar-refractivity contribution in [2.24, 2.45) is 23.7 Å². The molecule has 4 aliphatic rings. The van der Waals surface area contributed by atoms with Crippen molar-refractivity contribution in [2.45, 2.75) is 51.6 Å². The van der Waals surface area contributed by atoms with E-state index in [-0.39, 0.29) is 0 Å². The fourth-order valence-corrected chi connectivity index (χ4v) is 5.69. The zero-order valence-corrected chi connectivity index (χ0v) is 11.9. The summed E-state index contributed by atoms with van der Waals surface area (Å²) in [5, 5.41) is 3.88. The van der Waals surface area contributed by atoms with Crippen LogP contribution >= 0.6 is 11.3 Å². The predicted octanol–water partition coefficient (Wildman–Crippen LogP) is 3.37. The minimum absolute atomic E-state index is 0.805. The van der Waals surface area contributed by atoms with E-state index in [2.05, 4.69) is 17.2 Å². The van der Waals surface area contributed by atoms with Gasteiger partial charge in [0.05, 0.1) is 11.2 Å². The second kappa shape index (κ2) is 4.31. The maximum absolute atomic E-state index is 4.35. The summed E-state index contributed by atoms with van der Waals surface area (Å²) in [4.78, 5) is 5.78. The van der Waals surface area contributed by atoms with E-state index in [0.717, 1.165) is 36.3 Å². The van der Waals surface area contributed by atoms with E-state index >= 15 is 0 Å². The third-order valence-corrected chi connectivity index (χ3v) is 6.50. The smallest absolute Gasteiger partial charge is 0.0798 e. The van der Waals surface area contributed by atoms with Gasteiger partial charge in [-0.05, 0) is 62.7 Å². The van der Waals surface area contributed by atoms with Crippen molar-refractivity contribution in [3.63, 3.8) is 0 Å². The molecule has 0 saturated heterocycles. The molecule has 5 rings (SSSR count). The van der Waals surface area contributed by atoms with Crippen molar-refractivity contribution in [1.82, 2.24) is 10.3 Å². The fourth-order valence-electron chi connectivity index (χ4n) is 4.96. The highest BCUT2D eigenvalue weighted by Crippen LogP contribution is 2.53. The maximum Gasteiger partial charge on any atom is 0.0798 e. The second-order valence-electron chi connectivity index (χ2n) is 6.70. The Morgan fingerprint density at radius 1 is 1.17 bits per heavy atom. The topological polar surface area (TPSA) is 24.9 Å². The van der Waals surface area contributed by atoms with Gasteiger partial charge in [-0.2, -0.15) is 0 Å². The Bertz CT molecular complexity index is 411. The van der Waals surface area contributed by atoms with E-state index < -0.39 is 0 Å². The molecular weight excluding hydrogens is 240 g/mol. The van der Waals surface area contributed by atoms with Crippen LogP contribution in [0.1, 0.15) is 42.7 Å². The van der Waals surface area contributed by atoms with Gasteiger partial charge >= 0.3 is 0 Å². The molecule has 4 fully saturated rings. The molecule has 0 unspecified atom stereocenters. The number of aryl methyl sites for hydroxylation is 1. The minimum atomic E-state index is 0.805. The Morgan fingerprint density at radius 2 is 1.83 bits per heavy atom. The number of nitrogens with one attached hydrogen (secondary N) is 1. The molecule has 2 nitrogen and oxygen atoms in total. The third kappa shape index (κ3) is 1.83. The van der Waals surface area contributed by atoms with E-state index in [0.29, 0.717) is 0 Å². The van der Waals surface area contributed by atoms with Crippen LogP contribution in [0.3, 0.4) is 0 Å². The Morgan fingerprint density at radius 3 is 2.39 bits per heavy atom. The van der Waals surface area contributed by atoms with Gasteiger partial charge in [-0.15, -0.1) is 11.3 Å². The van der Waals surface area contributed by atoms with Crippen LogP contribution in [0.4, 0.5) is 0 Å². The summed E-state index contributed by atoms with van der Waals surface area (Å²) < 4.78 is 0. The molecule has 18 heavy (non-hydrogen) atoms. The SMILES string of the molecule is Cc1ncsc1CNC1C2CC3CC(C2)CC1C3. The Labute approximate surface area is 113 Å². The fraction of sp³-hybridized carbons (Fsp3) is 0.800. The van der Waals surface area contributed by atoms with Crippen molar-refractivity contribution in [2.75, 3.05) is 0 Å². The van der Waals surface area contributed by atoms with E-state index in [1.54, 1.807) is 17.8 Å².